The van der Waals surface area contributed by atoms with Gasteiger partial charge < -0.3 is 0 Å². The van der Waals surface area contributed by atoms with Gasteiger partial charge in [0.25, 0.3) is 0 Å². The summed E-state index contributed by atoms with van der Waals surface area (Å²) in [4.78, 5) is 0. The van der Waals surface area contributed by atoms with Crippen LogP contribution in [-0.2, 0) is 0 Å². The minimum Gasteiger partial charge on any atom is -0.255 e. The average molecular weight is 167 g/mol. The lowest BCUT2D eigenvalue weighted by Crippen LogP contribution is -1.66. The van der Waals surface area contributed by atoms with Gasteiger partial charge in [0.15, 0.2) is 0 Å². The molecule has 0 saturated heterocycles. The molecule has 0 spiro atoms. The lowest BCUT2D eigenvalue weighted by atomic mass is 15.0. The van der Waals surface area contributed by atoms with E-state index in [0.717, 1.165) is 0 Å². The third-order valence-electron chi connectivity index (χ3n) is 0. The molecule has 0 aromatic carbocycles. The quantitative estimate of drug-likeness (QED) is 0.327. The van der Waals surface area contributed by atoms with E-state index in [0.29, 0.717) is 0 Å². The molecular formula is H2AlCl3O2. The third-order valence-corrected chi connectivity index (χ3v) is 0. The van der Waals surface area contributed by atoms with Gasteiger partial charge in [-0.2, -0.15) is 0 Å². The van der Waals surface area contributed by atoms with E-state index in [1.165, 1.54) is 0 Å². The zero-order valence-electron chi connectivity index (χ0n) is 2.61. The molecule has 0 aliphatic rings. The van der Waals surface area contributed by atoms with Gasteiger partial charge in [0, 0.05) is 0 Å². The van der Waals surface area contributed by atoms with Crippen LogP contribution < -0.4 is 0 Å². The van der Waals surface area contributed by atoms with Crippen LogP contribution in [0.3, 0.4) is 0 Å². The minimum atomic E-state index is -1.72. The molecule has 0 heterocycles. The van der Waals surface area contributed by atoms with Crippen molar-refractivity contribution in [1.82, 2.24) is 0 Å². The molecule has 6 heteroatoms. The zero-order chi connectivity index (χ0) is 5.58. The number of hydrogen-bond donors (Lipinski definition) is 2. The van der Waals surface area contributed by atoms with Gasteiger partial charge in [-0.25, -0.2) is 30.1 Å². The molecule has 6 heavy (non-hydrogen) atoms. The molecule has 38 valence electrons. The molecule has 0 amide bonds. The summed E-state index contributed by atoms with van der Waals surface area (Å²) in [5.41, 5.74) is 0. The summed E-state index contributed by atoms with van der Waals surface area (Å²) in [6, 6.07) is 0. The molecule has 0 atom stereocenters. The second-order valence-electron chi connectivity index (χ2n) is 0.247. The monoisotopic (exact) mass is 166 g/mol. The van der Waals surface area contributed by atoms with Crippen LogP contribution in [0.15, 0.2) is 0 Å². The van der Waals surface area contributed by atoms with Crippen molar-refractivity contribution in [3.8, 4) is 0 Å². The molecule has 2 N–H and O–H groups in total. The number of rotatable bonds is 0. The minimum absolute atomic E-state index is 1.72. The summed E-state index contributed by atoms with van der Waals surface area (Å²) in [5, 5.41) is 12.0. The van der Waals surface area contributed by atoms with Gasteiger partial charge in [0.1, 0.15) is 0 Å². The molecule has 2 nitrogen and oxygen atoms in total. The Labute approximate surface area is 52.2 Å². The van der Waals surface area contributed by atoms with E-state index in [9.17, 15) is 0 Å². The summed E-state index contributed by atoms with van der Waals surface area (Å²) < 4.78 is 0. The Hall–Kier alpha value is 1.32. The first kappa shape index (κ1) is 10.3. The predicted octanol–water partition coefficient (Wildman–Crippen LogP) is 1.71. The summed E-state index contributed by atoms with van der Waals surface area (Å²) >= 11 is -1.72. The van der Waals surface area contributed by atoms with E-state index in [1.54, 1.807) is 0 Å². The first-order valence-corrected chi connectivity index (χ1v) is 6.09. The summed E-state index contributed by atoms with van der Waals surface area (Å²) in [7, 11) is 14.8. The molecule has 0 aromatic rings. The Morgan fingerprint density at radius 2 is 1.00 bits per heavy atom. The molecule has 0 aromatic heterocycles. The highest BCUT2D eigenvalue weighted by Gasteiger charge is 2.00. The molecule has 0 fully saturated rings. The van der Waals surface area contributed by atoms with Gasteiger partial charge in [-0.1, -0.05) is 0 Å². The van der Waals surface area contributed by atoms with Crippen LogP contribution in [0.1, 0.15) is 0 Å². The Morgan fingerprint density at radius 3 is 1.00 bits per heavy atom. The second kappa shape index (κ2) is 9.59. The maximum Gasteiger partial charge on any atom is 0.643 e. The first-order valence-electron chi connectivity index (χ1n) is 0.855. The molecule has 0 rings (SSSR count). The van der Waals surface area contributed by atoms with Crippen LogP contribution in [0.2, 0.25) is 0 Å². The van der Waals surface area contributed by atoms with Gasteiger partial charge in [0.2, 0.25) is 0 Å². The fourth-order valence-corrected chi connectivity index (χ4v) is 0. The van der Waals surface area contributed by atoms with E-state index in [4.69, 9.17) is 40.7 Å². The Morgan fingerprint density at radius 1 is 1.00 bits per heavy atom. The molecule has 0 bridgehead atoms. The Balaban J connectivity index is 0. The highest BCUT2D eigenvalue weighted by atomic mass is 35.8. The predicted molar refractivity (Wildman–Crippen MR) is 28.6 cm³/mol. The standard InChI is InChI=1S/Al.3ClH.H2O2/c;;;;1-2/h;3*1H;1-2H/q+3;;;;/p-3. The van der Waals surface area contributed by atoms with E-state index in [1.807, 2.05) is 0 Å². The van der Waals surface area contributed by atoms with Crippen molar-refractivity contribution in [2.24, 2.45) is 0 Å². The lowest BCUT2D eigenvalue weighted by Gasteiger charge is -1.57. The highest BCUT2D eigenvalue weighted by Crippen LogP contribution is 1.97. The van der Waals surface area contributed by atoms with E-state index < -0.39 is 11.4 Å². The van der Waals surface area contributed by atoms with Crippen LogP contribution in [0.4, 0.5) is 0 Å². The fourth-order valence-electron chi connectivity index (χ4n) is 0. The van der Waals surface area contributed by atoms with Crippen molar-refractivity contribution in [1.29, 1.82) is 0 Å². The van der Waals surface area contributed by atoms with Gasteiger partial charge in [-0.3, -0.25) is 10.5 Å². The topological polar surface area (TPSA) is 40.5 Å². The highest BCUT2D eigenvalue weighted by molar-refractivity contribution is 7.54. The van der Waals surface area contributed by atoms with Gasteiger partial charge in [0.05, 0.1) is 0 Å². The lowest BCUT2D eigenvalue weighted by molar-refractivity contribution is -0.176. The van der Waals surface area contributed by atoms with Crippen molar-refractivity contribution in [2.45, 2.75) is 0 Å². The summed E-state index contributed by atoms with van der Waals surface area (Å²) in [5.74, 6) is 0. The second-order valence-corrected chi connectivity index (χ2v) is 6.68. The zero-order valence-corrected chi connectivity index (χ0v) is 6.03. The maximum atomic E-state index is 6.00. The third kappa shape index (κ3) is 56.9. The normalized spacial score (nSPS) is 5.50. The number of halogens is 3. The molecule has 0 aliphatic heterocycles. The van der Waals surface area contributed by atoms with Crippen molar-refractivity contribution in [3.05, 3.63) is 0 Å². The number of hydrogen-bond acceptors (Lipinski definition) is 2. The van der Waals surface area contributed by atoms with Crippen LogP contribution in [0.5, 0.6) is 0 Å². The fraction of sp³-hybridized carbons (Fsp3) is 0. The van der Waals surface area contributed by atoms with E-state index >= 15 is 0 Å². The van der Waals surface area contributed by atoms with Crippen LogP contribution in [0.25, 0.3) is 0 Å². The molecule has 0 unspecified atom stereocenters. The largest absolute Gasteiger partial charge is 0.643 e. The Kier molecular flexibility index (Phi) is 16.5. The van der Waals surface area contributed by atoms with Crippen molar-refractivity contribution < 1.29 is 10.5 Å². The van der Waals surface area contributed by atoms with E-state index in [2.05, 4.69) is 0 Å². The van der Waals surface area contributed by atoms with Crippen LogP contribution >= 0.6 is 30.1 Å². The smallest absolute Gasteiger partial charge is 0.255 e. The van der Waals surface area contributed by atoms with Gasteiger partial charge >= 0.3 is 11.4 Å². The van der Waals surface area contributed by atoms with Crippen molar-refractivity contribution in [2.75, 3.05) is 0 Å². The summed E-state index contributed by atoms with van der Waals surface area (Å²) in [6.45, 7) is 0. The molecule has 0 saturated carbocycles. The van der Waals surface area contributed by atoms with Gasteiger partial charge in [-0.05, 0) is 0 Å². The average Bonchev–Trinajstić information content (AvgIpc) is 1.41. The van der Waals surface area contributed by atoms with Crippen molar-refractivity contribution in [3.63, 3.8) is 0 Å². The Bertz CT molecular complexity index is 13.5. The SMILES string of the molecule is OO.[Cl][Al]([Cl])[Cl]. The van der Waals surface area contributed by atoms with Crippen LogP contribution in [-0.4, -0.2) is 21.9 Å². The maximum absolute atomic E-state index is 6.00. The first-order chi connectivity index (χ1) is 2.73. The van der Waals surface area contributed by atoms with Crippen molar-refractivity contribution >= 4 is 41.5 Å². The molecule has 0 radical (unpaired) electrons. The van der Waals surface area contributed by atoms with E-state index in [-0.39, 0.29) is 0 Å². The van der Waals surface area contributed by atoms with Gasteiger partial charge in [-0.15, -0.1) is 0 Å². The van der Waals surface area contributed by atoms with Crippen LogP contribution in [0, 0.1) is 0 Å². The molecular weight excluding hydrogens is 165 g/mol. The molecule has 0 aliphatic carbocycles. The summed E-state index contributed by atoms with van der Waals surface area (Å²) in [6.07, 6.45) is 0.